The van der Waals surface area contributed by atoms with Crippen LogP contribution in [0.2, 0.25) is 5.15 Å². The number of halogens is 1. The molecule has 116 valence electrons. The van der Waals surface area contributed by atoms with Gasteiger partial charge in [-0.2, -0.15) is 4.98 Å². The van der Waals surface area contributed by atoms with Crippen molar-refractivity contribution < 1.29 is 5.11 Å². The van der Waals surface area contributed by atoms with Crippen LogP contribution in [0.25, 0.3) is 0 Å². The third-order valence-electron chi connectivity index (χ3n) is 4.15. The van der Waals surface area contributed by atoms with Gasteiger partial charge in [0.1, 0.15) is 11.0 Å². The number of aliphatic hydroxyl groups excluding tert-OH is 1. The van der Waals surface area contributed by atoms with Crippen molar-refractivity contribution in [2.75, 3.05) is 23.7 Å². The van der Waals surface area contributed by atoms with Crippen LogP contribution in [0.5, 0.6) is 0 Å². The lowest BCUT2D eigenvalue weighted by atomic mass is 9.87. The lowest BCUT2D eigenvalue weighted by molar-refractivity contribution is 0.0929. The molecule has 0 saturated carbocycles. The first kappa shape index (κ1) is 15.1. The minimum atomic E-state index is -0.414. The number of hydrogen-bond donors (Lipinski definition) is 2. The predicted molar refractivity (Wildman–Crippen MR) is 87.8 cm³/mol. The highest BCUT2D eigenvalue weighted by Gasteiger charge is 2.27. The van der Waals surface area contributed by atoms with E-state index >= 15 is 0 Å². The summed E-state index contributed by atoms with van der Waals surface area (Å²) in [7, 11) is 0. The fourth-order valence-electron chi connectivity index (χ4n) is 2.95. The van der Waals surface area contributed by atoms with Crippen LogP contribution in [0.15, 0.2) is 36.4 Å². The molecule has 1 aliphatic heterocycles. The maximum absolute atomic E-state index is 10.5. The smallest absolute Gasteiger partial charge is 0.223 e. The maximum Gasteiger partial charge on any atom is 0.223 e. The highest BCUT2D eigenvalue weighted by molar-refractivity contribution is 6.29. The first-order chi connectivity index (χ1) is 10.6. The average Bonchev–Trinajstić information content (AvgIpc) is 2.54. The summed E-state index contributed by atoms with van der Waals surface area (Å²) in [5.74, 6) is 1.20. The number of nitrogen functional groups attached to an aromatic ring is 1. The SMILES string of the molecule is Nc1nc(Cl)cc(N2CCC(C(O)c3ccccc3)CC2)n1. The molecule has 1 unspecified atom stereocenters. The summed E-state index contributed by atoms with van der Waals surface area (Å²) in [6.45, 7) is 1.64. The standard InChI is InChI=1S/C16H19ClN4O/c17-13-10-14(20-16(18)19-13)21-8-6-12(7-9-21)15(22)11-4-2-1-3-5-11/h1-5,10,12,15,22H,6-9H2,(H2,18,19,20). The predicted octanol–water partition coefficient (Wildman–Crippen LogP) is 2.66. The summed E-state index contributed by atoms with van der Waals surface area (Å²) in [6, 6.07) is 11.6. The Balaban J connectivity index is 1.65. The zero-order chi connectivity index (χ0) is 15.5. The highest BCUT2D eigenvalue weighted by atomic mass is 35.5. The number of rotatable bonds is 3. The monoisotopic (exact) mass is 318 g/mol. The van der Waals surface area contributed by atoms with Crippen molar-refractivity contribution in [2.45, 2.75) is 18.9 Å². The fraction of sp³-hybridized carbons (Fsp3) is 0.375. The van der Waals surface area contributed by atoms with Crippen molar-refractivity contribution >= 4 is 23.4 Å². The fourth-order valence-corrected chi connectivity index (χ4v) is 3.14. The van der Waals surface area contributed by atoms with Crippen molar-refractivity contribution in [1.29, 1.82) is 0 Å². The normalized spacial score (nSPS) is 17.5. The Morgan fingerprint density at radius 1 is 1.18 bits per heavy atom. The Hall–Kier alpha value is -1.85. The van der Waals surface area contributed by atoms with Crippen LogP contribution < -0.4 is 10.6 Å². The number of hydrogen-bond acceptors (Lipinski definition) is 5. The van der Waals surface area contributed by atoms with E-state index in [-0.39, 0.29) is 11.9 Å². The van der Waals surface area contributed by atoms with Gasteiger partial charge >= 0.3 is 0 Å². The number of piperidine rings is 1. The molecule has 1 aromatic heterocycles. The molecule has 1 aromatic carbocycles. The van der Waals surface area contributed by atoms with E-state index in [1.54, 1.807) is 6.07 Å². The summed E-state index contributed by atoms with van der Waals surface area (Å²) >= 11 is 5.93. The number of anilines is 2. The molecule has 5 nitrogen and oxygen atoms in total. The van der Waals surface area contributed by atoms with Gasteiger partial charge in [0, 0.05) is 19.2 Å². The van der Waals surface area contributed by atoms with E-state index < -0.39 is 6.10 Å². The number of aliphatic hydroxyl groups is 1. The molecule has 0 aliphatic carbocycles. The molecule has 1 aliphatic rings. The Morgan fingerprint density at radius 2 is 1.86 bits per heavy atom. The van der Waals surface area contributed by atoms with E-state index in [0.717, 1.165) is 37.3 Å². The third-order valence-corrected chi connectivity index (χ3v) is 4.34. The largest absolute Gasteiger partial charge is 0.388 e. The van der Waals surface area contributed by atoms with E-state index in [0.29, 0.717) is 5.15 Å². The quantitative estimate of drug-likeness (QED) is 0.851. The molecule has 0 spiro atoms. The van der Waals surface area contributed by atoms with Gasteiger partial charge in [-0.25, -0.2) is 4.98 Å². The molecule has 2 aromatic rings. The summed E-state index contributed by atoms with van der Waals surface area (Å²) in [6.07, 6.45) is 1.39. The third kappa shape index (κ3) is 3.31. The van der Waals surface area contributed by atoms with Gasteiger partial charge in [-0.1, -0.05) is 41.9 Å². The highest BCUT2D eigenvalue weighted by Crippen LogP contribution is 2.32. The van der Waals surface area contributed by atoms with Gasteiger partial charge < -0.3 is 15.7 Å². The lowest BCUT2D eigenvalue weighted by Gasteiger charge is -2.35. The van der Waals surface area contributed by atoms with Crippen LogP contribution in [-0.4, -0.2) is 28.2 Å². The van der Waals surface area contributed by atoms with E-state index in [2.05, 4.69) is 14.9 Å². The van der Waals surface area contributed by atoms with Crippen LogP contribution in [0.3, 0.4) is 0 Å². The molecular weight excluding hydrogens is 300 g/mol. The summed E-state index contributed by atoms with van der Waals surface area (Å²) in [4.78, 5) is 10.2. The van der Waals surface area contributed by atoms with Crippen LogP contribution in [-0.2, 0) is 0 Å². The number of nitrogens with two attached hydrogens (primary N) is 1. The van der Waals surface area contributed by atoms with E-state index in [1.165, 1.54) is 0 Å². The van der Waals surface area contributed by atoms with Crippen LogP contribution in [0.1, 0.15) is 24.5 Å². The molecular formula is C16H19ClN4O. The Bertz CT molecular complexity index is 609. The molecule has 3 rings (SSSR count). The number of nitrogens with zero attached hydrogens (tertiary/aromatic N) is 3. The average molecular weight is 319 g/mol. The van der Waals surface area contributed by atoms with Gasteiger partial charge in [0.2, 0.25) is 5.95 Å². The van der Waals surface area contributed by atoms with Crippen LogP contribution >= 0.6 is 11.6 Å². The second kappa shape index (κ2) is 6.50. The summed E-state index contributed by atoms with van der Waals surface area (Å²) in [5.41, 5.74) is 6.63. The van der Waals surface area contributed by atoms with Crippen LogP contribution in [0.4, 0.5) is 11.8 Å². The van der Waals surface area contributed by atoms with Crippen molar-refractivity contribution in [3.63, 3.8) is 0 Å². The lowest BCUT2D eigenvalue weighted by Crippen LogP contribution is -2.36. The van der Waals surface area contributed by atoms with Gasteiger partial charge in [0.05, 0.1) is 6.10 Å². The maximum atomic E-state index is 10.5. The molecule has 1 saturated heterocycles. The van der Waals surface area contributed by atoms with Crippen molar-refractivity contribution in [3.05, 3.63) is 47.1 Å². The minimum absolute atomic E-state index is 0.189. The van der Waals surface area contributed by atoms with Gasteiger partial charge in [-0.15, -0.1) is 0 Å². The van der Waals surface area contributed by atoms with Gasteiger partial charge in [0.25, 0.3) is 0 Å². The second-order valence-corrected chi connectivity index (χ2v) is 5.97. The zero-order valence-electron chi connectivity index (χ0n) is 12.2. The molecule has 22 heavy (non-hydrogen) atoms. The molecule has 1 atom stereocenters. The van der Waals surface area contributed by atoms with Gasteiger partial charge in [-0.05, 0) is 24.3 Å². The molecule has 1 fully saturated rings. The zero-order valence-corrected chi connectivity index (χ0v) is 12.9. The van der Waals surface area contributed by atoms with Crippen molar-refractivity contribution in [1.82, 2.24) is 9.97 Å². The molecule has 0 bridgehead atoms. The summed E-state index contributed by atoms with van der Waals surface area (Å²) in [5, 5.41) is 10.9. The Labute approximate surface area is 134 Å². The Kier molecular flexibility index (Phi) is 4.45. The molecule has 3 N–H and O–H groups in total. The topological polar surface area (TPSA) is 75.3 Å². The number of benzene rings is 1. The Morgan fingerprint density at radius 3 is 2.50 bits per heavy atom. The summed E-state index contributed by atoms with van der Waals surface area (Å²) < 4.78 is 0. The molecule has 2 heterocycles. The first-order valence-corrected chi connectivity index (χ1v) is 7.79. The molecule has 0 radical (unpaired) electrons. The number of aromatic nitrogens is 2. The molecule has 6 heteroatoms. The van der Waals surface area contributed by atoms with E-state index in [1.807, 2.05) is 30.3 Å². The van der Waals surface area contributed by atoms with Crippen molar-refractivity contribution in [2.24, 2.45) is 5.92 Å². The second-order valence-electron chi connectivity index (χ2n) is 5.59. The van der Waals surface area contributed by atoms with Crippen molar-refractivity contribution in [3.8, 4) is 0 Å². The van der Waals surface area contributed by atoms with Gasteiger partial charge in [0.15, 0.2) is 0 Å². The first-order valence-electron chi connectivity index (χ1n) is 7.41. The van der Waals surface area contributed by atoms with E-state index in [4.69, 9.17) is 17.3 Å². The minimum Gasteiger partial charge on any atom is -0.388 e. The van der Waals surface area contributed by atoms with Gasteiger partial charge in [-0.3, -0.25) is 0 Å². The van der Waals surface area contributed by atoms with Crippen LogP contribution in [0, 0.1) is 5.92 Å². The van der Waals surface area contributed by atoms with E-state index in [9.17, 15) is 5.11 Å². The molecule has 0 amide bonds.